The molecule has 3 unspecified atom stereocenters. The average Bonchev–Trinajstić information content (AvgIpc) is 2.15. The van der Waals surface area contributed by atoms with Gasteiger partial charge in [-0.1, -0.05) is 26.0 Å². The van der Waals surface area contributed by atoms with Crippen molar-refractivity contribution in [2.24, 2.45) is 17.3 Å². The molecule has 0 heteroatoms. The van der Waals surface area contributed by atoms with Gasteiger partial charge in [-0.2, -0.15) is 0 Å². The van der Waals surface area contributed by atoms with E-state index in [1.165, 1.54) is 12.0 Å². The number of hydrogen-bond donors (Lipinski definition) is 0. The maximum Gasteiger partial charge on any atom is -0.00246 e. The molecular weight excluding hydrogens is 96.1 g/mol. The summed E-state index contributed by atoms with van der Waals surface area (Å²) < 4.78 is 0. The Bertz CT molecular complexity index is 157. The van der Waals surface area contributed by atoms with Crippen LogP contribution in [0.15, 0.2) is 12.2 Å². The van der Waals surface area contributed by atoms with Gasteiger partial charge in [0.25, 0.3) is 0 Å². The third-order valence-electron chi connectivity index (χ3n) is 3.37. The second-order valence-corrected chi connectivity index (χ2v) is 3.50. The standard InChI is InChI=1S/C8H12/c1-5-4-7-6(2)8(5,7)3/h5,7H,2,4H2,1,3H3. The van der Waals surface area contributed by atoms with Crippen molar-refractivity contribution in [1.29, 1.82) is 0 Å². The molecule has 0 aromatic heterocycles. The van der Waals surface area contributed by atoms with Crippen LogP contribution < -0.4 is 0 Å². The summed E-state index contributed by atoms with van der Waals surface area (Å²) in [5.41, 5.74) is 2.13. The molecule has 2 fully saturated rings. The molecule has 0 aromatic rings. The maximum atomic E-state index is 4.01. The molecule has 0 aromatic carbocycles. The predicted octanol–water partition coefficient (Wildman–Crippen LogP) is 2.22. The van der Waals surface area contributed by atoms with Crippen LogP contribution in [0.3, 0.4) is 0 Å². The highest BCUT2D eigenvalue weighted by Gasteiger charge is 2.65. The summed E-state index contributed by atoms with van der Waals surface area (Å²) in [7, 11) is 0. The molecule has 2 saturated carbocycles. The second-order valence-electron chi connectivity index (χ2n) is 3.50. The van der Waals surface area contributed by atoms with E-state index in [9.17, 15) is 0 Å². The first-order valence-electron chi connectivity index (χ1n) is 3.36. The minimum atomic E-state index is 0.611. The van der Waals surface area contributed by atoms with Crippen LogP contribution in [0.25, 0.3) is 0 Å². The number of allylic oxidation sites excluding steroid dienone is 1. The van der Waals surface area contributed by atoms with Crippen molar-refractivity contribution < 1.29 is 0 Å². The predicted molar refractivity (Wildman–Crippen MR) is 34.5 cm³/mol. The topological polar surface area (TPSA) is 0 Å². The van der Waals surface area contributed by atoms with Crippen LogP contribution in [0.2, 0.25) is 0 Å². The van der Waals surface area contributed by atoms with Crippen molar-refractivity contribution in [3.63, 3.8) is 0 Å². The summed E-state index contributed by atoms with van der Waals surface area (Å²) in [4.78, 5) is 0. The van der Waals surface area contributed by atoms with E-state index in [-0.39, 0.29) is 0 Å². The molecular formula is C8H12. The minimum Gasteiger partial charge on any atom is -0.0990 e. The lowest BCUT2D eigenvalue weighted by atomic mass is 9.76. The van der Waals surface area contributed by atoms with E-state index in [4.69, 9.17) is 0 Å². The Morgan fingerprint density at radius 3 is 2.38 bits per heavy atom. The largest absolute Gasteiger partial charge is 0.0990 e. The van der Waals surface area contributed by atoms with Crippen LogP contribution in [0.1, 0.15) is 20.3 Å². The first-order chi connectivity index (χ1) is 3.67. The third kappa shape index (κ3) is 0.229. The van der Waals surface area contributed by atoms with Gasteiger partial charge in [-0.15, -0.1) is 0 Å². The monoisotopic (exact) mass is 108 g/mol. The molecule has 0 saturated heterocycles. The van der Waals surface area contributed by atoms with Crippen LogP contribution in [-0.2, 0) is 0 Å². The van der Waals surface area contributed by atoms with Gasteiger partial charge in [0.2, 0.25) is 0 Å². The fourth-order valence-electron chi connectivity index (χ4n) is 2.10. The fourth-order valence-corrected chi connectivity index (χ4v) is 2.10. The fraction of sp³-hybridized carbons (Fsp3) is 0.750. The Morgan fingerprint density at radius 2 is 2.38 bits per heavy atom. The summed E-state index contributed by atoms with van der Waals surface area (Å²) in [5.74, 6) is 1.86. The van der Waals surface area contributed by atoms with Crippen LogP contribution >= 0.6 is 0 Å². The molecule has 3 atom stereocenters. The molecule has 0 nitrogen and oxygen atoms in total. The number of rotatable bonds is 0. The Kier molecular flexibility index (Phi) is 0.516. The zero-order valence-electron chi connectivity index (χ0n) is 5.57. The molecule has 0 bridgehead atoms. The van der Waals surface area contributed by atoms with Gasteiger partial charge in [0.15, 0.2) is 0 Å². The van der Waals surface area contributed by atoms with Crippen molar-refractivity contribution >= 4 is 0 Å². The van der Waals surface area contributed by atoms with Gasteiger partial charge >= 0.3 is 0 Å². The van der Waals surface area contributed by atoms with Crippen molar-refractivity contribution in [2.45, 2.75) is 20.3 Å². The van der Waals surface area contributed by atoms with E-state index in [2.05, 4.69) is 20.4 Å². The van der Waals surface area contributed by atoms with E-state index in [1.807, 2.05) is 0 Å². The Morgan fingerprint density at radius 1 is 1.75 bits per heavy atom. The lowest BCUT2D eigenvalue weighted by Crippen LogP contribution is -2.21. The zero-order chi connectivity index (χ0) is 5.94. The third-order valence-corrected chi connectivity index (χ3v) is 3.37. The smallest absolute Gasteiger partial charge is 0.00246 e. The Labute approximate surface area is 50.6 Å². The molecule has 8 heavy (non-hydrogen) atoms. The Hall–Kier alpha value is -0.260. The van der Waals surface area contributed by atoms with Gasteiger partial charge < -0.3 is 0 Å². The summed E-state index contributed by atoms with van der Waals surface area (Å²) >= 11 is 0. The van der Waals surface area contributed by atoms with Crippen LogP contribution in [0.4, 0.5) is 0 Å². The summed E-state index contributed by atoms with van der Waals surface area (Å²) in [6.45, 7) is 8.68. The summed E-state index contributed by atoms with van der Waals surface area (Å²) in [5, 5.41) is 0. The first-order valence-corrected chi connectivity index (χ1v) is 3.36. The molecule has 0 radical (unpaired) electrons. The highest BCUT2D eigenvalue weighted by atomic mass is 14.7. The molecule has 0 spiro atoms. The van der Waals surface area contributed by atoms with Crippen molar-refractivity contribution in [2.75, 3.05) is 0 Å². The lowest BCUT2D eigenvalue weighted by molar-refractivity contribution is 0.202. The quantitative estimate of drug-likeness (QED) is 0.417. The minimum absolute atomic E-state index is 0.611. The van der Waals surface area contributed by atoms with Gasteiger partial charge in [-0.3, -0.25) is 0 Å². The summed E-state index contributed by atoms with van der Waals surface area (Å²) in [6.07, 6.45) is 1.41. The highest BCUT2D eigenvalue weighted by Crippen LogP contribution is 2.73. The summed E-state index contributed by atoms with van der Waals surface area (Å²) in [6, 6.07) is 0. The van der Waals surface area contributed by atoms with Gasteiger partial charge in [0, 0.05) is 0 Å². The van der Waals surface area contributed by atoms with Crippen molar-refractivity contribution in [1.82, 2.24) is 0 Å². The van der Waals surface area contributed by atoms with Crippen LogP contribution in [-0.4, -0.2) is 0 Å². The van der Waals surface area contributed by atoms with Crippen LogP contribution in [0, 0.1) is 17.3 Å². The SMILES string of the molecule is C=C1C2CC(C)C12C. The molecule has 0 heterocycles. The van der Waals surface area contributed by atoms with Crippen molar-refractivity contribution in [3.05, 3.63) is 12.2 Å². The van der Waals surface area contributed by atoms with E-state index in [1.54, 1.807) is 0 Å². The normalized spacial score (nSPS) is 59.5. The number of hydrogen-bond acceptors (Lipinski definition) is 0. The number of fused-ring (bicyclic) bond motifs is 1. The van der Waals surface area contributed by atoms with Gasteiger partial charge in [0.05, 0.1) is 0 Å². The molecule has 2 rings (SSSR count). The van der Waals surface area contributed by atoms with E-state index >= 15 is 0 Å². The Balaban J connectivity index is 2.29. The van der Waals surface area contributed by atoms with E-state index < -0.39 is 0 Å². The molecule has 0 N–H and O–H groups in total. The van der Waals surface area contributed by atoms with E-state index in [0.29, 0.717) is 5.41 Å². The first kappa shape index (κ1) is 4.60. The maximum absolute atomic E-state index is 4.01. The molecule has 0 aliphatic heterocycles. The molecule has 2 aliphatic carbocycles. The van der Waals surface area contributed by atoms with Crippen LogP contribution in [0.5, 0.6) is 0 Å². The van der Waals surface area contributed by atoms with Gasteiger partial charge in [-0.25, -0.2) is 0 Å². The van der Waals surface area contributed by atoms with E-state index in [0.717, 1.165) is 11.8 Å². The highest BCUT2D eigenvalue weighted by molar-refractivity contribution is 5.41. The van der Waals surface area contributed by atoms with Gasteiger partial charge in [-0.05, 0) is 23.7 Å². The van der Waals surface area contributed by atoms with Gasteiger partial charge in [0.1, 0.15) is 0 Å². The lowest BCUT2D eigenvalue weighted by Gasteiger charge is -2.28. The molecule has 0 amide bonds. The average molecular weight is 108 g/mol. The van der Waals surface area contributed by atoms with Crippen molar-refractivity contribution in [3.8, 4) is 0 Å². The molecule has 2 aliphatic rings. The zero-order valence-corrected chi connectivity index (χ0v) is 5.57. The molecule has 44 valence electrons. The second kappa shape index (κ2) is 0.896.